The maximum atomic E-state index is 12.4. The zero-order chi connectivity index (χ0) is 13.4. The van der Waals surface area contributed by atoms with Gasteiger partial charge in [0.2, 0.25) is 0 Å². The van der Waals surface area contributed by atoms with E-state index in [1.165, 1.54) is 0 Å². The van der Waals surface area contributed by atoms with Crippen molar-refractivity contribution in [1.82, 2.24) is 9.55 Å². The van der Waals surface area contributed by atoms with Crippen LogP contribution in [0.15, 0.2) is 17.2 Å². The van der Waals surface area contributed by atoms with E-state index in [4.69, 9.17) is 15.9 Å². The van der Waals surface area contributed by atoms with Gasteiger partial charge in [-0.3, -0.25) is 10.2 Å². The molecule has 1 aromatic heterocycles. The molecule has 1 aliphatic heterocycles. The molecule has 1 atom stereocenters. The van der Waals surface area contributed by atoms with E-state index in [0.717, 1.165) is 12.8 Å². The summed E-state index contributed by atoms with van der Waals surface area (Å²) >= 11 is 0. The summed E-state index contributed by atoms with van der Waals surface area (Å²) in [6, 6.07) is 0.332. The highest BCUT2D eigenvalue weighted by atomic mass is 16.5. The van der Waals surface area contributed by atoms with Crippen molar-refractivity contribution >= 4 is 11.7 Å². The fraction of sp³-hybridized carbons (Fsp3) is 0.583. The fourth-order valence-electron chi connectivity index (χ4n) is 2.30. The first-order chi connectivity index (χ1) is 9.16. The summed E-state index contributed by atoms with van der Waals surface area (Å²) in [5, 5.41) is 7.44. The van der Waals surface area contributed by atoms with Gasteiger partial charge >= 0.3 is 0 Å². The molecule has 2 heterocycles. The number of nitrogens with two attached hydrogens (primary N) is 1. The normalized spacial score (nSPS) is 23.4. The topological polar surface area (TPSA) is 97.2 Å². The van der Waals surface area contributed by atoms with E-state index >= 15 is 0 Å². The monoisotopic (exact) mass is 263 g/mol. The Balaban J connectivity index is 1.87. The molecule has 0 spiro atoms. The van der Waals surface area contributed by atoms with Crippen molar-refractivity contribution in [1.29, 1.82) is 5.41 Å². The van der Waals surface area contributed by atoms with E-state index < -0.39 is 6.10 Å². The van der Waals surface area contributed by atoms with Gasteiger partial charge in [-0.2, -0.15) is 0 Å². The van der Waals surface area contributed by atoms with Gasteiger partial charge in [0.05, 0.1) is 13.2 Å². The van der Waals surface area contributed by atoms with E-state index in [-0.39, 0.29) is 11.4 Å². The summed E-state index contributed by atoms with van der Waals surface area (Å²) in [5.41, 5.74) is 5.40. The number of anilines is 1. The van der Waals surface area contributed by atoms with Crippen LogP contribution in [-0.4, -0.2) is 41.2 Å². The molecule has 0 radical (unpaired) electrons. The number of morpholine rings is 1. The third-order valence-electron chi connectivity index (χ3n) is 3.50. The second-order valence-electron chi connectivity index (χ2n) is 4.96. The molecule has 2 fully saturated rings. The van der Waals surface area contributed by atoms with Gasteiger partial charge in [-0.25, -0.2) is 4.98 Å². The number of hydrogen-bond donors (Lipinski definition) is 2. The lowest BCUT2D eigenvalue weighted by Crippen LogP contribution is -2.50. The van der Waals surface area contributed by atoms with Gasteiger partial charge in [0.15, 0.2) is 5.82 Å². The van der Waals surface area contributed by atoms with Crippen molar-refractivity contribution in [2.45, 2.75) is 25.0 Å². The Bertz CT molecular complexity index is 551. The molecule has 1 aromatic rings. The highest BCUT2D eigenvalue weighted by Crippen LogP contribution is 2.33. The number of rotatable bonds is 3. The first kappa shape index (κ1) is 12.2. The number of hydrogen-bond acceptors (Lipinski definition) is 5. The summed E-state index contributed by atoms with van der Waals surface area (Å²) < 4.78 is 7.14. The van der Waals surface area contributed by atoms with E-state index in [1.54, 1.807) is 17.0 Å². The zero-order valence-electron chi connectivity index (χ0n) is 10.6. The lowest BCUT2D eigenvalue weighted by molar-refractivity contribution is 0.0822. The minimum atomic E-state index is -0.454. The molecule has 3 N–H and O–H groups in total. The van der Waals surface area contributed by atoms with Crippen molar-refractivity contribution in [3.05, 3.63) is 22.7 Å². The summed E-state index contributed by atoms with van der Waals surface area (Å²) in [7, 11) is 0. The van der Waals surface area contributed by atoms with Crippen LogP contribution >= 0.6 is 0 Å². The van der Waals surface area contributed by atoms with Gasteiger partial charge < -0.3 is 19.9 Å². The minimum Gasteiger partial charge on any atom is -0.385 e. The van der Waals surface area contributed by atoms with Gasteiger partial charge in [-0.05, 0) is 12.8 Å². The minimum absolute atomic E-state index is 0.0110. The molecule has 0 amide bonds. The molecule has 2 aliphatic rings. The van der Waals surface area contributed by atoms with Crippen molar-refractivity contribution in [2.24, 2.45) is 5.73 Å². The van der Waals surface area contributed by atoms with Gasteiger partial charge in [-0.1, -0.05) is 0 Å². The maximum absolute atomic E-state index is 12.4. The van der Waals surface area contributed by atoms with Crippen LogP contribution in [-0.2, 0) is 4.74 Å². The Morgan fingerprint density at radius 2 is 2.32 bits per heavy atom. The lowest BCUT2D eigenvalue weighted by Gasteiger charge is -2.32. The molecule has 0 bridgehead atoms. The number of ether oxygens (including phenoxy) is 1. The fourth-order valence-corrected chi connectivity index (χ4v) is 2.30. The molecule has 1 saturated carbocycles. The third kappa shape index (κ3) is 2.33. The van der Waals surface area contributed by atoms with Crippen molar-refractivity contribution in [3.63, 3.8) is 0 Å². The molecule has 1 aliphatic carbocycles. The summed E-state index contributed by atoms with van der Waals surface area (Å²) in [6.07, 6.45) is 5.06. The summed E-state index contributed by atoms with van der Waals surface area (Å²) in [6.45, 7) is 1.46. The third-order valence-corrected chi connectivity index (χ3v) is 3.50. The largest absolute Gasteiger partial charge is 0.385 e. The lowest BCUT2D eigenvalue weighted by atomic mass is 10.2. The van der Waals surface area contributed by atoms with Crippen LogP contribution in [0.5, 0.6) is 0 Å². The number of nitrogens with zero attached hydrogens (tertiary/aromatic N) is 3. The summed E-state index contributed by atoms with van der Waals surface area (Å²) in [5.74, 6) is 0.423. The highest BCUT2D eigenvalue weighted by Gasteiger charge is 2.29. The van der Waals surface area contributed by atoms with Gasteiger partial charge in [0, 0.05) is 25.0 Å². The van der Waals surface area contributed by atoms with Crippen molar-refractivity contribution < 1.29 is 4.74 Å². The Hall–Kier alpha value is -1.89. The number of nitrogens with one attached hydrogen (secondary N) is 1. The molecular weight excluding hydrogens is 246 g/mol. The summed E-state index contributed by atoms with van der Waals surface area (Å²) in [4.78, 5) is 18.4. The van der Waals surface area contributed by atoms with Gasteiger partial charge in [0.1, 0.15) is 11.9 Å². The van der Waals surface area contributed by atoms with E-state index in [1.807, 2.05) is 4.90 Å². The predicted molar refractivity (Wildman–Crippen MR) is 70.6 cm³/mol. The Morgan fingerprint density at radius 1 is 1.53 bits per heavy atom. The van der Waals surface area contributed by atoms with Crippen molar-refractivity contribution in [3.8, 4) is 0 Å². The van der Waals surface area contributed by atoms with Crippen LogP contribution in [0, 0.1) is 5.41 Å². The van der Waals surface area contributed by atoms with E-state index in [9.17, 15) is 4.79 Å². The van der Waals surface area contributed by atoms with Crippen LogP contribution in [0.1, 0.15) is 18.9 Å². The SMILES string of the molecule is N=C(N)C1CN(c2nccn(C3CC3)c2=O)CCO1. The highest BCUT2D eigenvalue weighted by molar-refractivity contribution is 5.82. The Labute approximate surface area is 110 Å². The average molecular weight is 263 g/mol. The molecule has 7 heteroatoms. The standard InChI is InChI=1S/C12H17N5O2/c13-10(14)9-7-16(5-6-19-9)11-12(18)17(4-3-15-11)8-1-2-8/h3-4,8-9H,1-2,5-7H2,(H3,13,14). The van der Waals surface area contributed by atoms with Gasteiger partial charge in [0.25, 0.3) is 5.56 Å². The van der Waals surface area contributed by atoms with Crippen LogP contribution in [0.25, 0.3) is 0 Å². The van der Waals surface area contributed by atoms with E-state index in [0.29, 0.717) is 31.6 Å². The first-order valence-corrected chi connectivity index (χ1v) is 6.44. The predicted octanol–water partition coefficient (Wildman–Crippen LogP) is -0.281. The molecule has 3 rings (SSSR count). The Kier molecular flexibility index (Phi) is 2.98. The molecule has 19 heavy (non-hydrogen) atoms. The maximum Gasteiger partial charge on any atom is 0.293 e. The molecule has 1 unspecified atom stereocenters. The molecular formula is C12H17N5O2. The van der Waals surface area contributed by atoms with Crippen LogP contribution in [0.3, 0.4) is 0 Å². The first-order valence-electron chi connectivity index (χ1n) is 6.44. The zero-order valence-corrected chi connectivity index (χ0v) is 10.6. The second-order valence-corrected chi connectivity index (χ2v) is 4.96. The number of aromatic nitrogens is 2. The molecule has 0 aromatic carbocycles. The van der Waals surface area contributed by atoms with E-state index in [2.05, 4.69) is 4.98 Å². The second kappa shape index (κ2) is 4.65. The number of amidine groups is 1. The van der Waals surface area contributed by atoms with Crippen molar-refractivity contribution in [2.75, 3.05) is 24.6 Å². The molecule has 7 nitrogen and oxygen atoms in total. The molecule has 1 saturated heterocycles. The van der Waals surface area contributed by atoms with Gasteiger partial charge in [-0.15, -0.1) is 0 Å². The van der Waals surface area contributed by atoms with Crippen LogP contribution < -0.4 is 16.2 Å². The average Bonchev–Trinajstić information content (AvgIpc) is 3.23. The van der Waals surface area contributed by atoms with Crippen LogP contribution in [0.4, 0.5) is 5.82 Å². The quantitative estimate of drug-likeness (QED) is 0.577. The molecule has 102 valence electrons. The van der Waals surface area contributed by atoms with Crippen LogP contribution in [0.2, 0.25) is 0 Å². The smallest absolute Gasteiger partial charge is 0.293 e. The Morgan fingerprint density at radius 3 is 3.00 bits per heavy atom.